The molecule has 2 N–H and O–H groups in total. The summed E-state index contributed by atoms with van der Waals surface area (Å²) in [4.78, 5) is 16.6. The molecule has 0 radical (unpaired) electrons. The Morgan fingerprint density at radius 2 is 1.83 bits per heavy atom. The van der Waals surface area contributed by atoms with E-state index in [1.54, 1.807) is 18.5 Å². The number of nitrogens with one attached hydrogen (secondary N) is 2. The number of anilines is 1. The molecule has 0 atom stereocenters. The molecule has 0 unspecified atom stereocenters. The van der Waals surface area contributed by atoms with E-state index in [-0.39, 0.29) is 22.7 Å². The number of amides is 1. The van der Waals surface area contributed by atoms with E-state index in [1.165, 1.54) is 48.5 Å². The van der Waals surface area contributed by atoms with Crippen molar-refractivity contribution >= 4 is 33.4 Å². The van der Waals surface area contributed by atoms with Crippen molar-refractivity contribution in [3.05, 3.63) is 84.2 Å². The lowest BCUT2D eigenvalue weighted by atomic mass is 10.2. The highest BCUT2D eigenvalue weighted by molar-refractivity contribution is 7.99. The molecule has 0 fully saturated rings. The average molecular weight is 450 g/mol. The standard InChI is InChI=1S/C20H17F2N3O3S2/c21-20(22)29-17-8-6-16(7-9-17)25-30(27,28)18-5-1-4-15(11-18)19(26)24-13-14-3-2-10-23-12-14/h1-12,20,25H,13H2,(H,24,26). The first-order chi connectivity index (χ1) is 14.3. The lowest BCUT2D eigenvalue weighted by molar-refractivity contribution is 0.0950. The molecule has 1 heterocycles. The third-order valence-electron chi connectivity index (χ3n) is 3.91. The highest BCUT2D eigenvalue weighted by atomic mass is 32.2. The number of halogens is 2. The van der Waals surface area contributed by atoms with Crippen LogP contribution in [0.3, 0.4) is 0 Å². The molecule has 30 heavy (non-hydrogen) atoms. The van der Waals surface area contributed by atoms with Gasteiger partial charge in [-0.05, 0) is 54.1 Å². The maximum Gasteiger partial charge on any atom is 0.288 e. The van der Waals surface area contributed by atoms with Crippen molar-refractivity contribution in [1.29, 1.82) is 0 Å². The molecule has 0 saturated carbocycles. The van der Waals surface area contributed by atoms with Gasteiger partial charge in [0.15, 0.2) is 0 Å². The Morgan fingerprint density at radius 3 is 2.50 bits per heavy atom. The molecular weight excluding hydrogens is 432 g/mol. The predicted octanol–water partition coefficient (Wildman–Crippen LogP) is 4.13. The maximum atomic E-state index is 12.6. The van der Waals surface area contributed by atoms with Crippen LogP contribution in [0.4, 0.5) is 14.5 Å². The molecule has 0 bridgehead atoms. The van der Waals surface area contributed by atoms with Crippen LogP contribution < -0.4 is 10.0 Å². The molecule has 0 aliphatic rings. The lowest BCUT2D eigenvalue weighted by Crippen LogP contribution is -2.23. The average Bonchev–Trinajstić information content (AvgIpc) is 2.74. The summed E-state index contributed by atoms with van der Waals surface area (Å²) in [5.41, 5.74) is 1.22. The van der Waals surface area contributed by atoms with Gasteiger partial charge in [0.2, 0.25) is 0 Å². The topological polar surface area (TPSA) is 88.2 Å². The minimum atomic E-state index is -3.97. The molecule has 0 aliphatic carbocycles. The Kier molecular flexibility index (Phi) is 7.01. The zero-order valence-electron chi connectivity index (χ0n) is 15.5. The van der Waals surface area contributed by atoms with E-state index in [1.807, 2.05) is 6.07 Å². The molecule has 10 heteroatoms. The molecule has 3 rings (SSSR count). The highest BCUT2D eigenvalue weighted by Crippen LogP contribution is 2.27. The van der Waals surface area contributed by atoms with Crippen molar-refractivity contribution in [3.63, 3.8) is 0 Å². The minimum absolute atomic E-state index is 0.0949. The van der Waals surface area contributed by atoms with E-state index in [9.17, 15) is 22.0 Å². The number of hydrogen-bond acceptors (Lipinski definition) is 5. The van der Waals surface area contributed by atoms with E-state index in [4.69, 9.17) is 0 Å². The zero-order chi connectivity index (χ0) is 21.6. The largest absolute Gasteiger partial charge is 0.348 e. The second-order valence-electron chi connectivity index (χ2n) is 6.08. The van der Waals surface area contributed by atoms with E-state index in [0.717, 1.165) is 5.56 Å². The van der Waals surface area contributed by atoms with Crippen molar-refractivity contribution in [2.24, 2.45) is 0 Å². The SMILES string of the molecule is O=C(NCc1cccnc1)c1cccc(S(=O)(=O)Nc2ccc(SC(F)F)cc2)c1. The molecule has 3 aromatic rings. The lowest BCUT2D eigenvalue weighted by Gasteiger charge is -2.10. The summed E-state index contributed by atoms with van der Waals surface area (Å²) >= 11 is 0.371. The van der Waals surface area contributed by atoms with Gasteiger partial charge in [0.05, 0.1) is 4.90 Å². The van der Waals surface area contributed by atoms with Gasteiger partial charge >= 0.3 is 0 Å². The van der Waals surface area contributed by atoms with Crippen molar-refractivity contribution < 1.29 is 22.0 Å². The number of rotatable bonds is 8. The van der Waals surface area contributed by atoms with Gasteiger partial charge in [0, 0.05) is 35.1 Å². The molecule has 6 nitrogen and oxygen atoms in total. The van der Waals surface area contributed by atoms with Crippen LogP contribution in [-0.4, -0.2) is 25.1 Å². The molecule has 1 aromatic heterocycles. The van der Waals surface area contributed by atoms with Crippen molar-refractivity contribution in [1.82, 2.24) is 10.3 Å². The van der Waals surface area contributed by atoms with Gasteiger partial charge in [-0.2, -0.15) is 8.78 Å². The molecule has 0 aliphatic heterocycles. The summed E-state index contributed by atoms with van der Waals surface area (Å²) < 4.78 is 52.4. The minimum Gasteiger partial charge on any atom is -0.348 e. The fourth-order valence-electron chi connectivity index (χ4n) is 2.51. The molecule has 1 amide bonds. The summed E-state index contributed by atoms with van der Waals surface area (Å²) in [7, 11) is -3.97. The first kappa shape index (κ1) is 21.7. The number of alkyl halides is 2. The molecule has 0 saturated heterocycles. The zero-order valence-corrected chi connectivity index (χ0v) is 17.1. The predicted molar refractivity (Wildman–Crippen MR) is 111 cm³/mol. The summed E-state index contributed by atoms with van der Waals surface area (Å²) in [5.74, 6) is -2.98. The van der Waals surface area contributed by atoms with Crippen LogP contribution in [0.1, 0.15) is 15.9 Å². The third-order valence-corrected chi connectivity index (χ3v) is 6.02. The highest BCUT2D eigenvalue weighted by Gasteiger charge is 2.17. The van der Waals surface area contributed by atoms with Gasteiger partial charge in [-0.3, -0.25) is 14.5 Å². The summed E-state index contributed by atoms with van der Waals surface area (Å²) in [6.45, 7) is 0.255. The first-order valence-electron chi connectivity index (χ1n) is 8.68. The van der Waals surface area contributed by atoms with E-state index in [2.05, 4.69) is 15.0 Å². The van der Waals surface area contributed by atoms with E-state index >= 15 is 0 Å². The quantitative estimate of drug-likeness (QED) is 0.505. The Balaban J connectivity index is 1.69. The van der Waals surface area contributed by atoms with Gasteiger partial charge in [-0.15, -0.1) is 0 Å². The summed E-state index contributed by atoms with van der Waals surface area (Å²) in [6.07, 6.45) is 3.24. The van der Waals surface area contributed by atoms with Gasteiger partial charge in [-0.25, -0.2) is 8.42 Å². The van der Waals surface area contributed by atoms with Crippen molar-refractivity contribution in [2.75, 3.05) is 4.72 Å². The van der Waals surface area contributed by atoms with E-state index in [0.29, 0.717) is 16.7 Å². The van der Waals surface area contributed by atoms with Crippen LogP contribution in [0.15, 0.2) is 82.8 Å². The number of aromatic nitrogens is 1. The normalized spacial score (nSPS) is 11.3. The Morgan fingerprint density at radius 1 is 1.07 bits per heavy atom. The molecule has 0 spiro atoms. The van der Waals surface area contributed by atoms with Crippen LogP contribution in [-0.2, 0) is 16.6 Å². The van der Waals surface area contributed by atoms with Crippen LogP contribution >= 0.6 is 11.8 Å². The number of thioether (sulfide) groups is 1. The number of carbonyl (C=O) groups excluding carboxylic acids is 1. The smallest absolute Gasteiger partial charge is 0.288 e. The number of benzene rings is 2. The van der Waals surface area contributed by atoms with Gasteiger partial charge in [0.1, 0.15) is 0 Å². The maximum absolute atomic E-state index is 12.6. The van der Waals surface area contributed by atoms with Crippen LogP contribution in [0.25, 0.3) is 0 Å². The van der Waals surface area contributed by atoms with Crippen LogP contribution in [0, 0.1) is 0 Å². The first-order valence-corrected chi connectivity index (χ1v) is 11.0. The Hall–Kier alpha value is -2.98. The van der Waals surface area contributed by atoms with Gasteiger partial charge in [-0.1, -0.05) is 23.9 Å². The Bertz CT molecular complexity index is 1110. The third kappa shape index (κ3) is 6.01. The van der Waals surface area contributed by atoms with E-state index < -0.39 is 21.7 Å². The number of carbonyl (C=O) groups is 1. The molecular formula is C20H17F2N3O3S2. The number of nitrogens with zero attached hydrogens (tertiary/aromatic N) is 1. The number of pyridine rings is 1. The second kappa shape index (κ2) is 9.68. The summed E-state index contributed by atoms with van der Waals surface area (Å²) in [6, 6.07) is 14.8. The van der Waals surface area contributed by atoms with Crippen LogP contribution in [0.5, 0.6) is 0 Å². The molecule has 2 aromatic carbocycles. The fraction of sp³-hybridized carbons (Fsp3) is 0.100. The fourth-order valence-corrected chi connectivity index (χ4v) is 4.11. The Labute approximate surface area is 176 Å². The van der Waals surface area contributed by atoms with Crippen LogP contribution in [0.2, 0.25) is 0 Å². The number of hydrogen-bond donors (Lipinski definition) is 2. The van der Waals surface area contributed by atoms with Gasteiger partial charge in [0.25, 0.3) is 21.7 Å². The second-order valence-corrected chi connectivity index (χ2v) is 8.83. The summed E-state index contributed by atoms with van der Waals surface area (Å²) in [5, 5.41) is 2.71. The van der Waals surface area contributed by atoms with Crippen molar-refractivity contribution in [2.45, 2.75) is 22.1 Å². The van der Waals surface area contributed by atoms with Gasteiger partial charge < -0.3 is 5.32 Å². The molecule has 156 valence electrons. The monoisotopic (exact) mass is 449 g/mol. The van der Waals surface area contributed by atoms with Crippen molar-refractivity contribution in [3.8, 4) is 0 Å². The number of sulfonamides is 1.